The van der Waals surface area contributed by atoms with Crippen LogP contribution in [0.5, 0.6) is 0 Å². The van der Waals surface area contributed by atoms with Gasteiger partial charge in [0.2, 0.25) is 29.5 Å². The van der Waals surface area contributed by atoms with E-state index >= 15 is 0 Å². The Morgan fingerprint density at radius 2 is 1.60 bits per heavy atom. The predicted octanol–water partition coefficient (Wildman–Crippen LogP) is 3.17. The van der Waals surface area contributed by atoms with Gasteiger partial charge in [-0.3, -0.25) is 33.7 Å². The Labute approximate surface area is 248 Å². The molecule has 0 aliphatic carbocycles. The number of ether oxygens (including phenoxy) is 1. The Morgan fingerprint density at radius 3 is 2.17 bits per heavy atom. The highest BCUT2D eigenvalue weighted by Crippen LogP contribution is 2.26. The number of esters is 1. The van der Waals surface area contributed by atoms with Gasteiger partial charge in [-0.05, 0) is 42.4 Å². The van der Waals surface area contributed by atoms with Crippen molar-refractivity contribution in [3.05, 3.63) is 29.8 Å². The summed E-state index contributed by atoms with van der Waals surface area (Å²) < 4.78 is 5.18. The van der Waals surface area contributed by atoms with Crippen molar-refractivity contribution in [2.45, 2.75) is 86.3 Å². The summed E-state index contributed by atoms with van der Waals surface area (Å²) in [4.78, 5) is 75.1. The van der Waals surface area contributed by atoms with Gasteiger partial charge in [0, 0.05) is 31.0 Å². The number of nitrogens with zero attached hydrogens (tertiary/aromatic N) is 1. The molecule has 0 spiro atoms. The third-order valence-electron chi connectivity index (χ3n) is 7.15. The number of amides is 5. The van der Waals surface area contributed by atoms with Crippen LogP contribution in [0.1, 0.15) is 79.2 Å². The highest BCUT2D eigenvalue weighted by Gasteiger charge is 2.39. The third kappa shape index (κ3) is 10.9. The van der Waals surface area contributed by atoms with E-state index in [0.29, 0.717) is 31.5 Å². The van der Waals surface area contributed by atoms with Gasteiger partial charge in [-0.25, -0.2) is 0 Å². The molecular weight excluding hydrogens is 540 g/mol. The van der Waals surface area contributed by atoms with E-state index < -0.39 is 17.9 Å². The lowest BCUT2D eigenvalue weighted by atomic mass is 9.94. The van der Waals surface area contributed by atoms with Crippen LogP contribution in [0.3, 0.4) is 0 Å². The molecule has 0 radical (unpaired) electrons. The lowest BCUT2D eigenvalue weighted by Crippen LogP contribution is -2.51. The third-order valence-corrected chi connectivity index (χ3v) is 7.15. The Hall–Kier alpha value is -3.76. The van der Waals surface area contributed by atoms with Crippen LogP contribution in [-0.2, 0) is 40.1 Å². The molecule has 42 heavy (non-hydrogen) atoms. The number of likely N-dealkylation sites (tertiary alicyclic amines) is 1. The number of hydrogen-bond donors (Lipinski definition) is 3. The fraction of sp³-hybridized carbons (Fsp3) is 0.613. The Morgan fingerprint density at radius 1 is 0.929 bits per heavy atom. The average molecular weight is 587 g/mol. The summed E-state index contributed by atoms with van der Waals surface area (Å²) in [6.45, 7) is 11.2. The topological polar surface area (TPSA) is 151 Å². The van der Waals surface area contributed by atoms with Gasteiger partial charge < -0.3 is 20.7 Å². The molecule has 232 valence electrons. The molecule has 1 heterocycles. The number of nitrogens with one attached hydrogen (secondary N) is 3. The molecule has 1 aliphatic rings. The summed E-state index contributed by atoms with van der Waals surface area (Å²) in [6.07, 6.45) is 2.32. The molecule has 1 aromatic rings. The van der Waals surface area contributed by atoms with Crippen LogP contribution >= 0.6 is 0 Å². The molecule has 0 saturated carbocycles. The molecule has 1 saturated heterocycles. The van der Waals surface area contributed by atoms with Gasteiger partial charge in [-0.1, -0.05) is 60.1 Å². The Kier molecular flexibility index (Phi) is 13.6. The van der Waals surface area contributed by atoms with E-state index in [1.54, 1.807) is 52.0 Å². The molecule has 1 aromatic carbocycles. The Balaban J connectivity index is 1.70. The maximum atomic E-state index is 12.7. The Bertz CT molecular complexity index is 1110. The molecule has 2 atom stereocenters. The minimum atomic E-state index is -0.800. The molecule has 2 unspecified atom stereocenters. The van der Waals surface area contributed by atoms with E-state index in [2.05, 4.69) is 16.0 Å². The van der Waals surface area contributed by atoms with Crippen molar-refractivity contribution < 1.29 is 33.5 Å². The number of unbranched alkanes of at least 4 members (excludes halogenated alkanes) is 2. The van der Waals surface area contributed by atoms with Crippen LogP contribution in [0.15, 0.2) is 24.3 Å². The second kappa shape index (κ2) is 16.6. The van der Waals surface area contributed by atoms with Gasteiger partial charge in [0.15, 0.2) is 0 Å². The van der Waals surface area contributed by atoms with Crippen molar-refractivity contribution in [3.63, 3.8) is 0 Å². The number of imide groups is 1. The zero-order chi connectivity index (χ0) is 31.4. The van der Waals surface area contributed by atoms with Crippen LogP contribution in [0.25, 0.3) is 0 Å². The standard InChI is InChI=1S/C31H46N4O7/c1-19(2)24-16-27(38)35(30(24)40)15-9-7-8-10-25(36)34-28(20(3)4)29(39)32-17-26(37)33-23-13-11-22(12-14-23)18-42-31(41)21(5)6/h11-14,19-21,24,28H,7-10,15-18H2,1-6H3,(H,32,39)(H,33,37)(H,34,36). The number of hydrogen-bond acceptors (Lipinski definition) is 7. The molecule has 1 fully saturated rings. The average Bonchev–Trinajstić information content (AvgIpc) is 3.22. The van der Waals surface area contributed by atoms with E-state index in [-0.39, 0.29) is 73.4 Å². The quantitative estimate of drug-likeness (QED) is 0.153. The number of carbonyl (C=O) groups is 6. The van der Waals surface area contributed by atoms with Crippen LogP contribution in [0, 0.1) is 23.7 Å². The van der Waals surface area contributed by atoms with Gasteiger partial charge in [0.25, 0.3) is 0 Å². The van der Waals surface area contributed by atoms with Gasteiger partial charge in [0.1, 0.15) is 12.6 Å². The van der Waals surface area contributed by atoms with Crippen molar-refractivity contribution in [1.29, 1.82) is 0 Å². The molecule has 2 rings (SSSR count). The van der Waals surface area contributed by atoms with Crippen LogP contribution in [0.4, 0.5) is 5.69 Å². The first-order chi connectivity index (χ1) is 19.8. The summed E-state index contributed by atoms with van der Waals surface area (Å²) in [5.41, 5.74) is 1.31. The zero-order valence-corrected chi connectivity index (χ0v) is 25.7. The first-order valence-electron chi connectivity index (χ1n) is 14.8. The van der Waals surface area contributed by atoms with Crippen LogP contribution < -0.4 is 16.0 Å². The molecule has 3 N–H and O–H groups in total. The van der Waals surface area contributed by atoms with E-state index in [1.807, 2.05) is 13.8 Å². The highest BCUT2D eigenvalue weighted by atomic mass is 16.5. The normalized spacial score (nSPS) is 15.7. The summed E-state index contributed by atoms with van der Waals surface area (Å²) >= 11 is 0. The second-order valence-corrected chi connectivity index (χ2v) is 11.8. The van der Waals surface area contributed by atoms with Crippen molar-refractivity contribution in [2.75, 3.05) is 18.4 Å². The zero-order valence-electron chi connectivity index (χ0n) is 25.7. The molecule has 0 bridgehead atoms. The molecule has 1 aliphatic heterocycles. The van der Waals surface area contributed by atoms with Gasteiger partial charge in [0.05, 0.1) is 12.5 Å². The second-order valence-electron chi connectivity index (χ2n) is 11.8. The first-order valence-corrected chi connectivity index (χ1v) is 14.8. The predicted molar refractivity (Wildman–Crippen MR) is 158 cm³/mol. The summed E-state index contributed by atoms with van der Waals surface area (Å²) in [5, 5.41) is 8.02. The fourth-order valence-corrected chi connectivity index (χ4v) is 4.47. The minimum absolute atomic E-state index is 0.105. The molecular formula is C31H46N4O7. The maximum Gasteiger partial charge on any atom is 0.308 e. The molecule has 5 amide bonds. The van der Waals surface area contributed by atoms with Crippen molar-refractivity contribution in [3.8, 4) is 0 Å². The van der Waals surface area contributed by atoms with E-state index in [9.17, 15) is 28.8 Å². The van der Waals surface area contributed by atoms with E-state index in [0.717, 1.165) is 5.56 Å². The van der Waals surface area contributed by atoms with Crippen LogP contribution in [0.2, 0.25) is 0 Å². The number of benzene rings is 1. The lowest BCUT2D eigenvalue weighted by molar-refractivity contribution is -0.148. The summed E-state index contributed by atoms with van der Waals surface area (Å²) in [6, 6.07) is 6.03. The number of anilines is 1. The van der Waals surface area contributed by atoms with E-state index in [1.165, 1.54) is 4.90 Å². The highest BCUT2D eigenvalue weighted by molar-refractivity contribution is 6.03. The van der Waals surface area contributed by atoms with E-state index in [4.69, 9.17) is 4.74 Å². The van der Waals surface area contributed by atoms with Crippen LogP contribution in [-0.4, -0.2) is 59.5 Å². The van der Waals surface area contributed by atoms with Gasteiger partial charge in [-0.15, -0.1) is 0 Å². The smallest absolute Gasteiger partial charge is 0.308 e. The molecule has 0 aromatic heterocycles. The molecule has 11 heteroatoms. The van der Waals surface area contributed by atoms with Crippen molar-refractivity contribution in [1.82, 2.24) is 15.5 Å². The van der Waals surface area contributed by atoms with Gasteiger partial charge >= 0.3 is 5.97 Å². The van der Waals surface area contributed by atoms with Gasteiger partial charge in [-0.2, -0.15) is 0 Å². The minimum Gasteiger partial charge on any atom is -0.461 e. The monoisotopic (exact) mass is 586 g/mol. The maximum absolute atomic E-state index is 12.7. The number of carbonyl (C=O) groups excluding carboxylic acids is 6. The number of rotatable bonds is 16. The summed E-state index contributed by atoms with van der Waals surface area (Å²) in [7, 11) is 0. The largest absolute Gasteiger partial charge is 0.461 e. The fourth-order valence-electron chi connectivity index (χ4n) is 4.47. The lowest BCUT2D eigenvalue weighted by Gasteiger charge is -2.21. The summed E-state index contributed by atoms with van der Waals surface area (Å²) in [5.74, 6) is -2.20. The van der Waals surface area contributed by atoms with Crippen molar-refractivity contribution >= 4 is 41.2 Å². The SMILES string of the molecule is CC(C)C(=O)OCc1ccc(NC(=O)CNC(=O)C(NC(=O)CCCCCN2C(=O)CC(C(C)C)C2=O)C(C)C)cc1. The molecule has 11 nitrogen and oxygen atoms in total. The van der Waals surface area contributed by atoms with Crippen molar-refractivity contribution in [2.24, 2.45) is 23.7 Å². The first kappa shape index (κ1) is 34.4.